The van der Waals surface area contributed by atoms with Crippen molar-refractivity contribution in [1.82, 2.24) is 4.98 Å². The van der Waals surface area contributed by atoms with Gasteiger partial charge in [-0.15, -0.1) is 0 Å². The lowest BCUT2D eigenvalue weighted by Gasteiger charge is -2.12. The van der Waals surface area contributed by atoms with E-state index in [1.54, 1.807) is 0 Å². The van der Waals surface area contributed by atoms with Crippen molar-refractivity contribution in [3.8, 4) is 11.3 Å². The number of oxazole rings is 1. The molecular formula is C12H14N2O2. The van der Waals surface area contributed by atoms with Crippen LogP contribution in [0.15, 0.2) is 35.1 Å². The van der Waals surface area contributed by atoms with Gasteiger partial charge in [0, 0.05) is 25.3 Å². The average Bonchev–Trinajstić information content (AvgIpc) is 2.77. The van der Waals surface area contributed by atoms with Crippen LogP contribution in [0.1, 0.15) is 5.69 Å². The van der Waals surface area contributed by atoms with E-state index in [0.29, 0.717) is 11.5 Å². The Hall–Kier alpha value is -1.81. The normalized spacial score (nSPS) is 10.4. The van der Waals surface area contributed by atoms with Gasteiger partial charge in [0.2, 0.25) is 0 Å². The monoisotopic (exact) mass is 218 g/mol. The van der Waals surface area contributed by atoms with E-state index < -0.39 is 0 Å². The van der Waals surface area contributed by atoms with Crippen LogP contribution in [0.3, 0.4) is 0 Å². The largest absolute Gasteiger partial charge is 0.443 e. The third kappa shape index (κ3) is 1.92. The highest BCUT2D eigenvalue weighted by atomic mass is 16.3. The summed E-state index contributed by atoms with van der Waals surface area (Å²) in [4.78, 5) is 5.97. The van der Waals surface area contributed by atoms with Gasteiger partial charge in [-0.1, -0.05) is 12.1 Å². The maximum Gasteiger partial charge on any atom is 0.181 e. The van der Waals surface area contributed by atoms with Gasteiger partial charge in [0.25, 0.3) is 0 Å². The fraction of sp³-hybridized carbons (Fsp3) is 0.250. The predicted molar refractivity (Wildman–Crippen MR) is 62.2 cm³/mol. The van der Waals surface area contributed by atoms with Gasteiger partial charge in [-0.2, -0.15) is 0 Å². The molecular weight excluding hydrogens is 204 g/mol. The predicted octanol–water partition coefficient (Wildman–Crippen LogP) is 1.90. The number of nitrogens with zero attached hydrogens (tertiary/aromatic N) is 2. The molecule has 2 rings (SSSR count). The molecule has 1 heterocycles. The summed E-state index contributed by atoms with van der Waals surface area (Å²) in [5.74, 6) is 0.631. The molecule has 1 aromatic carbocycles. The maximum absolute atomic E-state index is 9.11. The zero-order chi connectivity index (χ0) is 11.5. The highest BCUT2D eigenvalue weighted by molar-refractivity contribution is 5.65. The lowest BCUT2D eigenvalue weighted by molar-refractivity contribution is 0.277. The number of rotatable bonds is 3. The molecule has 84 valence electrons. The van der Waals surface area contributed by atoms with Crippen LogP contribution >= 0.6 is 0 Å². The molecule has 0 fully saturated rings. The number of aliphatic hydroxyl groups excluding tert-OH is 1. The Morgan fingerprint density at radius 2 is 2.19 bits per heavy atom. The van der Waals surface area contributed by atoms with Gasteiger partial charge in [0.05, 0.1) is 6.61 Å². The summed E-state index contributed by atoms with van der Waals surface area (Å²) in [6, 6.07) is 7.90. The zero-order valence-corrected chi connectivity index (χ0v) is 9.34. The van der Waals surface area contributed by atoms with Crippen LogP contribution in [0.5, 0.6) is 0 Å². The average molecular weight is 218 g/mol. The first-order valence-electron chi connectivity index (χ1n) is 5.03. The topological polar surface area (TPSA) is 49.5 Å². The molecule has 2 aromatic rings. The fourth-order valence-corrected chi connectivity index (χ4v) is 1.54. The van der Waals surface area contributed by atoms with E-state index in [1.807, 2.05) is 43.3 Å². The van der Waals surface area contributed by atoms with Crippen LogP contribution in [-0.4, -0.2) is 24.2 Å². The molecule has 1 N–H and O–H groups in total. The van der Waals surface area contributed by atoms with Crippen molar-refractivity contribution < 1.29 is 9.52 Å². The van der Waals surface area contributed by atoms with Gasteiger partial charge in [-0.3, -0.25) is 0 Å². The summed E-state index contributed by atoms with van der Waals surface area (Å²) < 4.78 is 5.29. The zero-order valence-electron chi connectivity index (χ0n) is 9.34. The molecule has 0 amide bonds. The Kier molecular flexibility index (Phi) is 2.92. The van der Waals surface area contributed by atoms with E-state index in [0.717, 1.165) is 11.3 Å². The summed E-state index contributed by atoms with van der Waals surface area (Å²) >= 11 is 0. The standard InChI is InChI=1S/C12H14N2O2/c1-14(2)10-5-3-4-9(6-10)12-11(7-15)13-8-16-12/h3-6,8,15H,7H2,1-2H3. The van der Waals surface area contributed by atoms with E-state index in [4.69, 9.17) is 9.52 Å². The second kappa shape index (κ2) is 4.37. The lowest BCUT2D eigenvalue weighted by Crippen LogP contribution is -2.08. The number of hydrogen-bond donors (Lipinski definition) is 1. The highest BCUT2D eigenvalue weighted by Crippen LogP contribution is 2.26. The van der Waals surface area contributed by atoms with Crippen LogP contribution in [-0.2, 0) is 6.61 Å². The van der Waals surface area contributed by atoms with Crippen molar-refractivity contribution in [1.29, 1.82) is 0 Å². The Morgan fingerprint density at radius 3 is 2.88 bits per heavy atom. The summed E-state index contributed by atoms with van der Waals surface area (Å²) in [7, 11) is 3.96. The van der Waals surface area contributed by atoms with Crippen LogP contribution in [0.25, 0.3) is 11.3 Å². The van der Waals surface area contributed by atoms with Gasteiger partial charge in [0.15, 0.2) is 12.2 Å². The third-order valence-electron chi connectivity index (χ3n) is 2.42. The van der Waals surface area contributed by atoms with E-state index in [-0.39, 0.29) is 6.61 Å². The molecule has 0 aliphatic heterocycles. The van der Waals surface area contributed by atoms with Crippen molar-refractivity contribution >= 4 is 5.69 Å². The van der Waals surface area contributed by atoms with Gasteiger partial charge in [-0.25, -0.2) is 4.98 Å². The summed E-state index contributed by atoms with van der Waals surface area (Å²) in [6.07, 6.45) is 1.35. The SMILES string of the molecule is CN(C)c1cccc(-c2ocnc2CO)c1. The Bertz CT molecular complexity index is 477. The molecule has 1 aromatic heterocycles. The fourth-order valence-electron chi connectivity index (χ4n) is 1.54. The number of aliphatic hydroxyl groups is 1. The number of anilines is 1. The van der Waals surface area contributed by atoms with Gasteiger partial charge >= 0.3 is 0 Å². The molecule has 0 atom stereocenters. The first-order chi connectivity index (χ1) is 7.72. The summed E-state index contributed by atoms with van der Waals surface area (Å²) in [5.41, 5.74) is 2.57. The smallest absolute Gasteiger partial charge is 0.181 e. The first-order valence-corrected chi connectivity index (χ1v) is 5.03. The number of aromatic nitrogens is 1. The molecule has 0 saturated carbocycles. The molecule has 0 spiro atoms. The van der Waals surface area contributed by atoms with E-state index >= 15 is 0 Å². The number of hydrogen-bond acceptors (Lipinski definition) is 4. The molecule has 0 aliphatic rings. The second-order valence-electron chi connectivity index (χ2n) is 3.73. The van der Waals surface area contributed by atoms with Crippen molar-refractivity contribution in [2.75, 3.05) is 19.0 Å². The molecule has 0 bridgehead atoms. The quantitative estimate of drug-likeness (QED) is 0.854. The Labute approximate surface area is 94.2 Å². The Morgan fingerprint density at radius 1 is 1.38 bits per heavy atom. The van der Waals surface area contributed by atoms with Crippen LogP contribution in [0.4, 0.5) is 5.69 Å². The van der Waals surface area contributed by atoms with Crippen LogP contribution in [0, 0.1) is 0 Å². The molecule has 4 heteroatoms. The van der Waals surface area contributed by atoms with Crippen molar-refractivity contribution in [3.05, 3.63) is 36.4 Å². The maximum atomic E-state index is 9.11. The highest BCUT2D eigenvalue weighted by Gasteiger charge is 2.10. The van der Waals surface area contributed by atoms with Gasteiger partial charge in [0.1, 0.15) is 5.69 Å². The van der Waals surface area contributed by atoms with E-state index in [2.05, 4.69) is 4.98 Å². The second-order valence-corrected chi connectivity index (χ2v) is 3.73. The van der Waals surface area contributed by atoms with Crippen molar-refractivity contribution in [2.45, 2.75) is 6.61 Å². The van der Waals surface area contributed by atoms with Crippen LogP contribution in [0.2, 0.25) is 0 Å². The Balaban J connectivity index is 2.44. The third-order valence-corrected chi connectivity index (χ3v) is 2.42. The minimum Gasteiger partial charge on any atom is -0.443 e. The first kappa shape index (κ1) is 10.7. The minimum atomic E-state index is -0.113. The van der Waals surface area contributed by atoms with Gasteiger partial charge in [-0.05, 0) is 12.1 Å². The lowest BCUT2D eigenvalue weighted by atomic mass is 10.1. The van der Waals surface area contributed by atoms with Crippen molar-refractivity contribution in [3.63, 3.8) is 0 Å². The molecule has 4 nitrogen and oxygen atoms in total. The molecule has 0 saturated heterocycles. The van der Waals surface area contributed by atoms with Gasteiger partial charge < -0.3 is 14.4 Å². The van der Waals surface area contributed by atoms with Crippen molar-refractivity contribution in [2.24, 2.45) is 0 Å². The number of benzene rings is 1. The summed E-state index contributed by atoms with van der Waals surface area (Å²) in [6.45, 7) is -0.113. The molecule has 0 aliphatic carbocycles. The minimum absolute atomic E-state index is 0.113. The van der Waals surface area contributed by atoms with E-state index in [1.165, 1.54) is 6.39 Å². The molecule has 16 heavy (non-hydrogen) atoms. The molecule has 0 unspecified atom stereocenters. The molecule has 0 radical (unpaired) electrons. The van der Waals surface area contributed by atoms with E-state index in [9.17, 15) is 0 Å². The van der Waals surface area contributed by atoms with Crippen LogP contribution < -0.4 is 4.90 Å². The summed E-state index contributed by atoms with van der Waals surface area (Å²) in [5, 5.41) is 9.11.